The standard InChI is InChI=1S/C17H23N3O3S/c1-5-20-15(17(2,3)4)18-19-16(20)24-10-9-23-13-8-6-7-12(11-13)14(21)22/h6-8,11H,5,9-10H2,1-4H3,(H,21,22). The zero-order valence-corrected chi connectivity index (χ0v) is 15.3. The summed E-state index contributed by atoms with van der Waals surface area (Å²) in [7, 11) is 0. The third-order valence-corrected chi connectivity index (χ3v) is 4.30. The summed E-state index contributed by atoms with van der Waals surface area (Å²) >= 11 is 1.59. The SMILES string of the molecule is CCn1c(SCCOc2cccc(C(=O)O)c2)nnc1C(C)(C)C. The fourth-order valence-corrected chi connectivity index (χ4v) is 3.07. The molecule has 0 spiro atoms. The first-order valence-corrected chi connectivity index (χ1v) is 8.84. The Morgan fingerprint density at radius 3 is 2.71 bits per heavy atom. The molecule has 0 atom stereocenters. The van der Waals surface area contributed by atoms with Crippen molar-refractivity contribution in [1.82, 2.24) is 14.8 Å². The summed E-state index contributed by atoms with van der Waals surface area (Å²) in [6, 6.07) is 6.50. The lowest BCUT2D eigenvalue weighted by Gasteiger charge is -2.18. The first kappa shape index (κ1) is 18.3. The van der Waals surface area contributed by atoms with Gasteiger partial charge in [-0.25, -0.2) is 4.79 Å². The van der Waals surface area contributed by atoms with E-state index in [4.69, 9.17) is 9.84 Å². The van der Waals surface area contributed by atoms with Crippen LogP contribution < -0.4 is 4.74 Å². The number of nitrogens with zero attached hydrogens (tertiary/aromatic N) is 3. The Balaban J connectivity index is 1.92. The predicted octanol–water partition coefficient (Wildman–Crippen LogP) is 3.46. The molecule has 1 heterocycles. The summed E-state index contributed by atoms with van der Waals surface area (Å²) in [5.41, 5.74) is 0.177. The third-order valence-electron chi connectivity index (χ3n) is 3.37. The van der Waals surface area contributed by atoms with Gasteiger partial charge in [-0.3, -0.25) is 0 Å². The molecule has 1 aromatic carbocycles. The number of carbonyl (C=O) groups is 1. The maximum absolute atomic E-state index is 10.9. The Labute approximate surface area is 146 Å². The van der Waals surface area contributed by atoms with Gasteiger partial charge in [0.25, 0.3) is 0 Å². The number of carboxylic acid groups (broad SMARTS) is 1. The first-order chi connectivity index (χ1) is 11.3. The molecule has 7 heteroatoms. The molecule has 0 saturated carbocycles. The highest BCUT2D eigenvalue weighted by Gasteiger charge is 2.23. The van der Waals surface area contributed by atoms with Gasteiger partial charge in [0.1, 0.15) is 11.6 Å². The van der Waals surface area contributed by atoms with E-state index in [0.717, 1.165) is 17.5 Å². The van der Waals surface area contributed by atoms with Gasteiger partial charge >= 0.3 is 5.97 Å². The van der Waals surface area contributed by atoms with Crippen LogP contribution in [0.25, 0.3) is 0 Å². The topological polar surface area (TPSA) is 77.2 Å². The number of aromatic carboxylic acids is 1. The highest BCUT2D eigenvalue weighted by Crippen LogP contribution is 2.25. The van der Waals surface area contributed by atoms with Crippen LogP contribution in [0, 0.1) is 0 Å². The van der Waals surface area contributed by atoms with Crippen LogP contribution in [0.15, 0.2) is 29.4 Å². The van der Waals surface area contributed by atoms with Crippen molar-refractivity contribution in [3.05, 3.63) is 35.7 Å². The molecule has 24 heavy (non-hydrogen) atoms. The molecule has 1 aromatic heterocycles. The zero-order chi connectivity index (χ0) is 17.7. The summed E-state index contributed by atoms with van der Waals surface area (Å²) in [5, 5.41) is 18.4. The Morgan fingerprint density at radius 1 is 1.33 bits per heavy atom. The van der Waals surface area contributed by atoms with Crippen molar-refractivity contribution in [2.45, 2.75) is 44.8 Å². The van der Waals surface area contributed by atoms with E-state index in [2.05, 4.69) is 42.5 Å². The van der Waals surface area contributed by atoms with Crippen molar-refractivity contribution in [2.24, 2.45) is 0 Å². The van der Waals surface area contributed by atoms with Gasteiger partial charge in [0.2, 0.25) is 0 Å². The fourth-order valence-electron chi connectivity index (χ4n) is 2.25. The molecule has 0 radical (unpaired) electrons. The van der Waals surface area contributed by atoms with Crippen LogP contribution in [0.3, 0.4) is 0 Å². The Kier molecular flexibility index (Phi) is 5.88. The summed E-state index contributed by atoms with van der Waals surface area (Å²) in [4.78, 5) is 10.9. The van der Waals surface area contributed by atoms with Crippen LogP contribution >= 0.6 is 11.8 Å². The summed E-state index contributed by atoms with van der Waals surface area (Å²) in [5.74, 6) is 1.28. The first-order valence-electron chi connectivity index (χ1n) is 7.85. The highest BCUT2D eigenvalue weighted by molar-refractivity contribution is 7.99. The van der Waals surface area contributed by atoms with Crippen molar-refractivity contribution in [2.75, 3.05) is 12.4 Å². The van der Waals surface area contributed by atoms with E-state index in [0.29, 0.717) is 18.1 Å². The Morgan fingerprint density at radius 2 is 2.08 bits per heavy atom. The highest BCUT2D eigenvalue weighted by atomic mass is 32.2. The fraction of sp³-hybridized carbons (Fsp3) is 0.471. The molecule has 1 N–H and O–H groups in total. The van der Waals surface area contributed by atoms with Crippen LogP contribution in [0.1, 0.15) is 43.9 Å². The summed E-state index contributed by atoms with van der Waals surface area (Å²) < 4.78 is 7.75. The normalized spacial score (nSPS) is 11.5. The number of carboxylic acids is 1. The monoisotopic (exact) mass is 349 g/mol. The number of rotatable bonds is 7. The molecule has 2 aromatic rings. The average molecular weight is 349 g/mol. The number of hydrogen-bond acceptors (Lipinski definition) is 5. The quantitative estimate of drug-likeness (QED) is 0.609. The minimum absolute atomic E-state index is 0.0460. The third kappa shape index (κ3) is 4.50. The van der Waals surface area contributed by atoms with E-state index in [-0.39, 0.29) is 11.0 Å². The smallest absolute Gasteiger partial charge is 0.335 e. The van der Waals surface area contributed by atoms with Crippen LogP contribution in [0.4, 0.5) is 0 Å². The lowest BCUT2D eigenvalue weighted by atomic mass is 9.96. The van der Waals surface area contributed by atoms with Crippen LogP contribution in [0.2, 0.25) is 0 Å². The minimum Gasteiger partial charge on any atom is -0.493 e. The van der Waals surface area contributed by atoms with E-state index in [1.165, 1.54) is 6.07 Å². The second-order valence-electron chi connectivity index (χ2n) is 6.33. The van der Waals surface area contributed by atoms with Gasteiger partial charge in [-0.1, -0.05) is 38.6 Å². The van der Waals surface area contributed by atoms with Crippen molar-refractivity contribution in [3.8, 4) is 5.75 Å². The number of benzene rings is 1. The van der Waals surface area contributed by atoms with E-state index < -0.39 is 5.97 Å². The molecule has 0 fully saturated rings. The average Bonchev–Trinajstić information content (AvgIpc) is 2.95. The van der Waals surface area contributed by atoms with Crippen LogP contribution in [0.5, 0.6) is 5.75 Å². The molecule has 0 aliphatic rings. The van der Waals surface area contributed by atoms with E-state index >= 15 is 0 Å². The largest absolute Gasteiger partial charge is 0.493 e. The molecule has 0 aliphatic carbocycles. The Bertz CT molecular complexity index is 707. The van der Waals surface area contributed by atoms with E-state index in [9.17, 15) is 4.79 Å². The number of hydrogen-bond donors (Lipinski definition) is 1. The second-order valence-corrected chi connectivity index (χ2v) is 7.39. The molecule has 0 bridgehead atoms. The Hall–Kier alpha value is -2.02. The maximum atomic E-state index is 10.9. The van der Waals surface area contributed by atoms with Crippen molar-refractivity contribution in [3.63, 3.8) is 0 Å². The molecule has 0 saturated heterocycles. The predicted molar refractivity (Wildman–Crippen MR) is 94.0 cm³/mol. The van der Waals surface area contributed by atoms with Crippen LogP contribution in [-0.2, 0) is 12.0 Å². The van der Waals surface area contributed by atoms with E-state index in [1.807, 2.05) is 0 Å². The van der Waals surface area contributed by atoms with Crippen LogP contribution in [-0.4, -0.2) is 38.2 Å². The van der Waals surface area contributed by atoms with Crippen molar-refractivity contribution < 1.29 is 14.6 Å². The van der Waals surface area contributed by atoms with E-state index in [1.54, 1.807) is 30.0 Å². The molecule has 0 aliphatic heterocycles. The van der Waals surface area contributed by atoms with Gasteiger partial charge in [0.05, 0.1) is 12.2 Å². The molecule has 0 unspecified atom stereocenters. The molecule has 2 rings (SSSR count). The van der Waals surface area contributed by atoms with Gasteiger partial charge in [-0.15, -0.1) is 10.2 Å². The van der Waals surface area contributed by atoms with Gasteiger partial charge in [0.15, 0.2) is 5.16 Å². The van der Waals surface area contributed by atoms with Gasteiger partial charge in [-0.05, 0) is 25.1 Å². The molecule has 6 nitrogen and oxygen atoms in total. The number of aromatic nitrogens is 3. The van der Waals surface area contributed by atoms with Crippen molar-refractivity contribution in [1.29, 1.82) is 0 Å². The molecular weight excluding hydrogens is 326 g/mol. The lowest BCUT2D eigenvalue weighted by molar-refractivity contribution is 0.0696. The van der Waals surface area contributed by atoms with Crippen molar-refractivity contribution >= 4 is 17.7 Å². The number of thioether (sulfide) groups is 1. The summed E-state index contributed by atoms with van der Waals surface area (Å²) in [6.45, 7) is 9.73. The number of ether oxygens (including phenoxy) is 1. The molecular formula is C17H23N3O3S. The van der Waals surface area contributed by atoms with Gasteiger partial charge in [-0.2, -0.15) is 0 Å². The minimum atomic E-state index is -0.958. The maximum Gasteiger partial charge on any atom is 0.335 e. The molecule has 130 valence electrons. The molecule has 0 amide bonds. The lowest BCUT2D eigenvalue weighted by Crippen LogP contribution is -2.19. The van der Waals surface area contributed by atoms with Gasteiger partial charge in [0, 0.05) is 17.7 Å². The van der Waals surface area contributed by atoms with Gasteiger partial charge < -0.3 is 14.4 Å². The second kappa shape index (κ2) is 7.70. The zero-order valence-electron chi connectivity index (χ0n) is 14.4. The summed E-state index contributed by atoms with van der Waals surface area (Å²) in [6.07, 6.45) is 0.